The molecule has 0 aromatic heterocycles. The van der Waals surface area contributed by atoms with E-state index in [2.05, 4.69) is 21.3 Å². The fraction of sp³-hybridized carbons (Fsp3) is 0.429. The van der Waals surface area contributed by atoms with Crippen LogP contribution in [0.4, 0.5) is 9.59 Å². The maximum Gasteiger partial charge on any atom is 0.408 e. The van der Waals surface area contributed by atoms with Crippen molar-refractivity contribution < 1.29 is 119 Å². The van der Waals surface area contributed by atoms with Gasteiger partial charge in [0.2, 0.25) is 11.8 Å². The predicted molar refractivity (Wildman–Crippen MR) is 377 cm³/mol. The first-order valence-corrected chi connectivity index (χ1v) is 34.4. The van der Waals surface area contributed by atoms with Crippen LogP contribution in [0.25, 0.3) is 0 Å². The standard InChI is InChI=1S/C77H92N4O25/c1-49(83)100-64-41-70(105-66(72(64)102-51(3)85)47-98-76(53-17-11-9-12-18-53,55-21-29-59(91-5)30-22-55)56-23-31-60(92-6)32-24-56)95-39-15-37-78-68(87)43-80-74(89)97-46-63(45-82)104-75(90)81-44-69(88)79-38-16-40-96-71-42-65(101-50(2)84)73(103-52(4)86)67(106-71)48-99-77(54-19-13-10-14-20-54,57-25-33-61(93-7)34-26-57)58-27-35-62(94-8)36-28-58/h9-14,17-36,63-67,70-73,82H,15-16,37-48H2,1-8H3,(H,78,87)(H,79,88)(H,80,89)(H,81,90)/t63?,64-,65-,66-,67-,70-,71-,72-,73-/m1/s1. The third kappa shape index (κ3) is 23.1. The summed E-state index contributed by atoms with van der Waals surface area (Å²) in [7, 11) is 6.27. The molecule has 0 saturated carbocycles. The average Bonchev–Trinajstić information content (AvgIpc) is 0.757. The number of hydrogen-bond donors (Lipinski definition) is 5. The molecule has 2 aliphatic heterocycles. The zero-order chi connectivity index (χ0) is 76.0. The van der Waals surface area contributed by atoms with Crippen molar-refractivity contribution in [3.05, 3.63) is 191 Å². The van der Waals surface area contributed by atoms with Gasteiger partial charge in [-0.3, -0.25) is 28.8 Å². The van der Waals surface area contributed by atoms with Gasteiger partial charge in [0, 0.05) is 53.6 Å². The number of aliphatic hydroxyl groups excluding tert-OH is 1. The third-order valence-electron chi connectivity index (χ3n) is 17.0. The molecule has 570 valence electrons. The number of aliphatic hydroxyl groups is 1. The quantitative estimate of drug-likeness (QED) is 0.0114. The summed E-state index contributed by atoms with van der Waals surface area (Å²) in [6.45, 7) is 2.25. The van der Waals surface area contributed by atoms with E-state index in [9.17, 15) is 43.5 Å². The molecule has 0 spiro atoms. The summed E-state index contributed by atoms with van der Waals surface area (Å²) in [5.74, 6) is -1.32. The first-order valence-electron chi connectivity index (χ1n) is 34.4. The number of methoxy groups -OCH3 is 4. The second-order valence-electron chi connectivity index (χ2n) is 24.4. The zero-order valence-corrected chi connectivity index (χ0v) is 60.4. The second-order valence-corrected chi connectivity index (χ2v) is 24.4. The van der Waals surface area contributed by atoms with E-state index in [4.69, 9.17) is 75.8 Å². The Kier molecular flexibility index (Phi) is 31.2. The molecule has 2 heterocycles. The number of rotatable bonds is 38. The number of benzene rings is 6. The highest BCUT2D eigenvalue weighted by atomic mass is 16.7. The smallest absolute Gasteiger partial charge is 0.408 e. The van der Waals surface area contributed by atoms with Gasteiger partial charge in [-0.15, -0.1) is 0 Å². The molecule has 6 aromatic rings. The molecule has 29 nitrogen and oxygen atoms in total. The summed E-state index contributed by atoms with van der Waals surface area (Å²) < 4.78 is 94.5. The highest BCUT2D eigenvalue weighted by Crippen LogP contribution is 2.45. The van der Waals surface area contributed by atoms with Crippen molar-refractivity contribution in [3.63, 3.8) is 0 Å². The second kappa shape index (κ2) is 40.8. The van der Waals surface area contributed by atoms with E-state index in [1.165, 1.54) is 27.7 Å². The van der Waals surface area contributed by atoms with Crippen molar-refractivity contribution in [3.8, 4) is 23.0 Å². The molecule has 6 aromatic carbocycles. The first-order chi connectivity index (χ1) is 51.2. The molecule has 106 heavy (non-hydrogen) atoms. The summed E-state index contributed by atoms with van der Waals surface area (Å²) in [6, 6.07) is 48.6. The van der Waals surface area contributed by atoms with Gasteiger partial charge < -0.3 is 102 Å². The SMILES string of the molecule is COc1ccc(C(OC[C@H]2O[C@@H](OCCCNC(=O)CNC(=O)OCC(CO)OC(=O)NCC(=O)NCCCO[C@H]3C[C@@H](OC(C)=O)[C@@H](OC(C)=O)[C@@H](COC(c4ccccc4)(c4ccc(OC)cc4)c4ccc(OC)cc4)O3)C[C@@H](OC(C)=O)[C@H]2OC(C)=O)(c2ccccc2)c2ccc(OC)cc2)cc1. The molecule has 2 fully saturated rings. The molecule has 29 heteroatoms. The fourth-order valence-electron chi connectivity index (χ4n) is 12.2. The van der Waals surface area contributed by atoms with E-state index in [1.807, 2.05) is 158 Å². The monoisotopic (exact) mass is 1470 g/mol. The van der Waals surface area contributed by atoms with Crippen LogP contribution in [0.3, 0.4) is 0 Å². The highest BCUT2D eigenvalue weighted by Gasteiger charge is 2.49. The largest absolute Gasteiger partial charge is 0.497 e. The zero-order valence-electron chi connectivity index (χ0n) is 60.4. The molecular formula is C77H92N4O25. The molecule has 1 unspecified atom stereocenters. The maximum atomic E-state index is 12.8. The van der Waals surface area contributed by atoms with Crippen molar-refractivity contribution >= 4 is 47.9 Å². The Morgan fingerprint density at radius 1 is 0.443 bits per heavy atom. The van der Waals surface area contributed by atoms with Crippen LogP contribution in [0.15, 0.2) is 158 Å². The van der Waals surface area contributed by atoms with E-state index in [0.717, 1.165) is 33.4 Å². The number of ether oxygens (including phenoxy) is 16. The van der Waals surface area contributed by atoms with E-state index in [1.54, 1.807) is 28.4 Å². The number of esters is 4. The van der Waals surface area contributed by atoms with Gasteiger partial charge in [0.15, 0.2) is 30.9 Å². The summed E-state index contributed by atoms with van der Waals surface area (Å²) in [4.78, 5) is 101. The van der Waals surface area contributed by atoms with Crippen LogP contribution in [-0.4, -0.2) is 203 Å². The van der Waals surface area contributed by atoms with Crippen LogP contribution in [0, 0.1) is 0 Å². The Hall–Kier alpha value is -10.4. The minimum absolute atomic E-state index is 0.0250. The Morgan fingerprint density at radius 3 is 1.09 bits per heavy atom. The number of carbonyl (C=O) groups excluding carboxylic acids is 8. The minimum Gasteiger partial charge on any atom is -0.497 e. The first kappa shape index (κ1) is 81.3. The van der Waals surface area contributed by atoms with Crippen molar-refractivity contribution in [1.82, 2.24) is 21.3 Å². The number of hydrogen-bond acceptors (Lipinski definition) is 25. The van der Waals surface area contributed by atoms with Gasteiger partial charge >= 0.3 is 36.1 Å². The van der Waals surface area contributed by atoms with Crippen LogP contribution < -0.4 is 40.2 Å². The van der Waals surface area contributed by atoms with Gasteiger partial charge in [-0.2, -0.15) is 0 Å². The average molecular weight is 1470 g/mol. The Labute approximate surface area is 614 Å². The molecule has 2 aliphatic rings. The van der Waals surface area contributed by atoms with Crippen molar-refractivity contribution in [1.29, 1.82) is 0 Å². The summed E-state index contributed by atoms with van der Waals surface area (Å²) >= 11 is 0. The molecule has 2 saturated heterocycles. The van der Waals surface area contributed by atoms with E-state index in [-0.39, 0.29) is 65.2 Å². The van der Waals surface area contributed by atoms with Gasteiger partial charge in [-0.1, -0.05) is 109 Å². The summed E-state index contributed by atoms with van der Waals surface area (Å²) in [6.07, 6.45) is -11.5. The lowest BCUT2D eigenvalue weighted by atomic mass is 9.80. The topological polar surface area (TPSA) is 353 Å². The summed E-state index contributed by atoms with van der Waals surface area (Å²) in [5.41, 5.74) is 1.78. The van der Waals surface area contributed by atoms with Crippen molar-refractivity contribution in [2.24, 2.45) is 0 Å². The Morgan fingerprint density at radius 2 is 0.774 bits per heavy atom. The van der Waals surface area contributed by atoms with Gasteiger partial charge in [0.05, 0.1) is 74.6 Å². The fourth-order valence-corrected chi connectivity index (χ4v) is 12.2. The lowest BCUT2D eigenvalue weighted by Crippen LogP contribution is -2.55. The summed E-state index contributed by atoms with van der Waals surface area (Å²) in [5, 5.41) is 19.7. The molecule has 4 amide bonds. The third-order valence-corrected chi connectivity index (χ3v) is 17.0. The lowest BCUT2D eigenvalue weighted by molar-refractivity contribution is -0.271. The molecule has 8 rings (SSSR count). The molecule has 0 bridgehead atoms. The van der Waals surface area contributed by atoms with Crippen LogP contribution in [0.2, 0.25) is 0 Å². The van der Waals surface area contributed by atoms with E-state index >= 15 is 0 Å². The van der Waals surface area contributed by atoms with E-state index in [0.29, 0.717) is 23.0 Å². The lowest BCUT2D eigenvalue weighted by Gasteiger charge is -2.42. The maximum absolute atomic E-state index is 12.8. The predicted octanol–water partition coefficient (Wildman–Crippen LogP) is 6.85. The molecular weight excluding hydrogens is 1380 g/mol. The van der Waals surface area contributed by atoms with Crippen molar-refractivity contribution in [2.75, 3.05) is 94.3 Å². The number of amides is 4. The van der Waals surface area contributed by atoms with Gasteiger partial charge in [0.25, 0.3) is 0 Å². The van der Waals surface area contributed by atoms with Crippen LogP contribution in [0.1, 0.15) is 86.8 Å². The van der Waals surface area contributed by atoms with Gasteiger partial charge in [-0.25, -0.2) is 9.59 Å². The Bertz CT molecular complexity index is 3680. The van der Waals surface area contributed by atoms with Crippen LogP contribution in [0.5, 0.6) is 23.0 Å². The highest BCUT2D eigenvalue weighted by molar-refractivity contribution is 5.83. The molecule has 9 atom stereocenters. The molecule has 5 N–H and O–H groups in total. The van der Waals surface area contributed by atoms with Crippen LogP contribution in [-0.2, 0) is 96.8 Å². The van der Waals surface area contributed by atoms with E-state index < -0.39 is 141 Å². The Balaban J connectivity index is 0.761. The van der Waals surface area contributed by atoms with Gasteiger partial charge in [-0.05, 0) is 94.8 Å². The van der Waals surface area contributed by atoms with Gasteiger partial charge in [0.1, 0.15) is 65.2 Å². The normalized spacial score (nSPS) is 18.8. The molecule has 0 radical (unpaired) electrons. The molecule has 0 aliphatic carbocycles. The van der Waals surface area contributed by atoms with Crippen molar-refractivity contribution in [2.45, 2.75) is 120 Å². The minimum atomic E-state index is -1.36. The number of nitrogens with one attached hydrogen (secondary N) is 4. The number of alkyl carbamates (subject to hydrolysis) is 2. The van der Waals surface area contributed by atoms with Crippen LogP contribution >= 0.6 is 0 Å². The number of carbonyl (C=O) groups is 8.